The molecule has 0 atom stereocenters. The average molecular weight is 388 g/mol. The van der Waals surface area contributed by atoms with Crippen molar-refractivity contribution >= 4 is 22.8 Å². The molecule has 7 nitrogen and oxygen atoms in total. The molecule has 0 saturated carbocycles. The van der Waals surface area contributed by atoms with Crippen molar-refractivity contribution in [1.29, 1.82) is 0 Å². The molecular formula is C20H29FN6O. The highest BCUT2D eigenvalue weighted by molar-refractivity contribution is 5.83. The Balaban J connectivity index is 1.44. The van der Waals surface area contributed by atoms with E-state index in [1.807, 2.05) is 6.20 Å². The fourth-order valence-corrected chi connectivity index (χ4v) is 3.58. The van der Waals surface area contributed by atoms with Crippen LogP contribution in [-0.4, -0.2) is 68.1 Å². The minimum atomic E-state index is -0.221. The Morgan fingerprint density at radius 1 is 1.36 bits per heavy atom. The molecule has 0 unspecified atom stereocenters. The van der Waals surface area contributed by atoms with Gasteiger partial charge in [0.15, 0.2) is 5.96 Å². The number of carbonyl (C=O) groups is 1. The fraction of sp³-hybridized carbons (Fsp3) is 0.500. The molecule has 4 N–H and O–H groups in total. The quantitative estimate of drug-likeness (QED) is 0.443. The van der Waals surface area contributed by atoms with Gasteiger partial charge in [0.05, 0.1) is 6.54 Å². The second-order valence-corrected chi connectivity index (χ2v) is 7.12. The number of carbonyl (C=O) groups excluding carboxylic acids is 1. The number of hydrogen-bond donors (Lipinski definition) is 4. The topological polar surface area (TPSA) is 84.6 Å². The molecule has 1 aliphatic heterocycles. The highest BCUT2D eigenvalue weighted by Crippen LogP contribution is 2.19. The first-order chi connectivity index (χ1) is 13.6. The van der Waals surface area contributed by atoms with Crippen LogP contribution >= 0.6 is 0 Å². The van der Waals surface area contributed by atoms with Crippen molar-refractivity contribution in [3.8, 4) is 0 Å². The molecule has 0 bridgehead atoms. The maximum absolute atomic E-state index is 13.5. The molecule has 1 aromatic heterocycles. The largest absolute Gasteiger partial charge is 0.361 e. The van der Waals surface area contributed by atoms with Crippen molar-refractivity contribution in [1.82, 2.24) is 25.8 Å². The van der Waals surface area contributed by atoms with Crippen LogP contribution in [0.2, 0.25) is 0 Å². The van der Waals surface area contributed by atoms with Crippen LogP contribution in [0, 0.1) is 5.82 Å². The Hall–Kier alpha value is -2.61. The zero-order chi connectivity index (χ0) is 19.9. The Morgan fingerprint density at radius 2 is 2.14 bits per heavy atom. The molecule has 28 heavy (non-hydrogen) atoms. The number of nitrogens with one attached hydrogen (secondary N) is 4. The summed E-state index contributed by atoms with van der Waals surface area (Å²) in [5, 5.41) is 10.4. The van der Waals surface area contributed by atoms with Crippen molar-refractivity contribution in [2.75, 3.05) is 40.3 Å². The van der Waals surface area contributed by atoms with Crippen molar-refractivity contribution < 1.29 is 9.18 Å². The van der Waals surface area contributed by atoms with E-state index >= 15 is 0 Å². The summed E-state index contributed by atoms with van der Waals surface area (Å²) in [5.74, 6) is 0.610. The van der Waals surface area contributed by atoms with Gasteiger partial charge < -0.3 is 20.9 Å². The smallest absolute Gasteiger partial charge is 0.233 e. The summed E-state index contributed by atoms with van der Waals surface area (Å²) >= 11 is 0. The molecule has 0 aliphatic carbocycles. The van der Waals surface area contributed by atoms with Gasteiger partial charge in [-0.25, -0.2) is 4.39 Å². The first-order valence-corrected chi connectivity index (χ1v) is 9.74. The summed E-state index contributed by atoms with van der Waals surface area (Å²) < 4.78 is 13.5. The molecule has 1 aliphatic rings. The average Bonchev–Trinajstić information content (AvgIpc) is 3.10. The molecule has 1 amide bonds. The van der Waals surface area contributed by atoms with Gasteiger partial charge in [0.25, 0.3) is 0 Å². The third-order valence-electron chi connectivity index (χ3n) is 5.21. The van der Waals surface area contributed by atoms with Gasteiger partial charge in [-0.1, -0.05) is 0 Å². The second-order valence-electron chi connectivity index (χ2n) is 7.12. The number of aromatic nitrogens is 1. The number of amides is 1. The summed E-state index contributed by atoms with van der Waals surface area (Å²) in [6.07, 6.45) is 4.65. The van der Waals surface area contributed by atoms with Gasteiger partial charge in [-0.15, -0.1) is 0 Å². The number of fused-ring (bicyclic) bond motifs is 1. The molecule has 0 spiro atoms. The highest BCUT2D eigenvalue weighted by Gasteiger charge is 2.21. The number of likely N-dealkylation sites (tertiary alicyclic amines) is 1. The predicted molar refractivity (Wildman–Crippen MR) is 110 cm³/mol. The maximum atomic E-state index is 13.5. The summed E-state index contributed by atoms with van der Waals surface area (Å²) in [7, 11) is 3.43. The van der Waals surface area contributed by atoms with Crippen LogP contribution in [-0.2, 0) is 11.2 Å². The third-order valence-corrected chi connectivity index (χ3v) is 5.21. The fourth-order valence-electron chi connectivity index (χ4n) is 3.58. The molecule has 2 aromatic rings. The summed E-state index contributed by atoms with van der Waals surface area (Å²) in [6, 6.07) is 5.14. The lowest BCUT2D eigenvalue weighted by atomic mass is 10.1. The summed E-state index contributed by atoms with van der Waals surface area (Å²) in [6.45, 7) is 2.95. The van der Waals surface area contributed by atoms with E-state index in [1.165, 1.54) is 6.07 Å². The van der Waals surface area contributed by atoms with E-state index in [4.69, 9.17) is 0 Å². The first-order valence-electron chi connectivity index (χ1n) is 9.74. The van der Waals surface area contributed by atoms with Gasteiger partial charge in [0.2, 0.25) is 5.91 Å². The lowest BCUT2D eigenvalue weighted by Gasteiger charge is -2.32. The first kappa shape index (κ1) is 20.1. The second kappa shape index (κ2) is 9.54. The number of nitrogens with zero attached hydrogens (tertiary/aromatic N) is 2. The van der Waals surface area contributed by atoms with E-state index < -0.39 is 0 Å². The normalized spacial score (nSPS) is 16.3. The zero-order valence-electron chi connectivity index (χ0n) is 16.5. The van der Waals surface area contributed by atoms with Crippen molar-refractivity contribution in [3.63, 3.8) is 0 Å². The van der Waals surface area contributed by atoms with Crippen LogP contribution < -0.4 is 16.0 Å². The van der Waals surface area contributed by atoms with Crippen LogP contribution in [0.15, 0.2) is 29.4 Å². The number of aliphatic imine (C=N–C) groups is 1. The predicted octanol–water partition coefficient (Wildman–Crippen LogP) is 1.22. The summed E-state index contributed by atoms with van der Waals surface area (Å²) in [4.78, 5) is 21.1. The number of guanidine groups is 1. The lowest BCUT2D eigenvalue weighted by Crippen LogP contribution is -2.50. The molecular weight excluding hydrogens is 359 g/mol. The molecule has 3 rings (SSSR count). The van der Waals surface area contributed by atoms with Crippen LogP contribution in [0.4, 0.5) is 4.39 Å². The number of piperidine rings is 1. The molecule has 2 heterocycles. The van der Waals surface area contributed by atoms with Crippen LogP contribution in [0.25, 0.3) is 10.9 Å². The van der Waals surface area contributed by atoms with Crippen molar-refractivity contribution in [2.24, 2.45) is 4.99 Å². The zero-order valence-corrected chi connectivity index (χ0v) is 16.5. The Morgan fingerprint density at radius 3 is 2.86 bits per heavy atom. The standard InChI is InChI=1S/C20H29FN6O/c1-22-19(28)13-27-9-6-16(7-10-27)26-20(23-2)24-8-5-14-12-25-18-4-3-15(21)11-17(14)18/h3-4,11-12,16,25H,5-10,13H2,1-2H3,(H,22,28)(H2,23,24,26). The van der Waals surface area contributed by atoms with E-state index in [0.29, 0.717) is 19.1 Å². The van der Waals surface area contributed by atoms with Gasteiger partial charge in [-0.05, 0) is 43.0 Å². The van der Waals surface area contributed by atoms with E-state index in [-0.39, 0.29) is 11.7 Å². The van der Waals surface area contributed by atoms with Gasteiger partial charge >= 0.3 is 0 Å². The van der Waals surface area contributed by atoms with E-state index in [2.05, 4.69) is 30.8 Å². The summed E-state index contributed by atoms with van der Waals surface area (Å²) in [5.41, 5.74) is 2.03. The number of H-pyrrole nitrogens is 1. The van der Waals surface area contributed by atoms with E-state index in [9.17, 15) is 9.18 Å². The molecule has 8 heteroatoms. The van der Waals surface area contributed by atoms with Crippen LogP contribution in [0.3, 0.4) is 0 Å². The lowest BCUT2D eigenvalue weighted by molar-refractivity contribution is -0.122. The SMILES string of the molecule is CN=C(NCCc1c[nH]c2ccc(F)cc12)NC1CCN(CC(=O)NC)CC1. The molecule has 0 radical (unpaired) electrons. The minimum absolute atomic E-state index is 0.0565. The van der Waals surface area contributed by atoms with E-state index in [0.717, 1.165) is 54.8 Å². The number of halogens is 1. The van der Waals surface area contributed by atoms with Crippen molar-refractivity contribution in [3.05, 3.63) is 35.8 Å². The van der Waals surface area contributed by atoms with Crippen LogP contribution in [0.5, 0.6) is 0 Å². The van der Waals surface area contributed by atoms with Gasteiger partial charge in [0.1, 0.15) is 5.82 Å². The Kier molecular flexibility index (Phi) is 6.86. The molecule has 152 valence electrons. The van der Waals surface area contributed by atoms with Crippen LogP contribution in [0.1, 0.15) is 18.4 Å². The number of aromatic amines is 1. The highest BCUT2D eigenvalue weighted by atomic mass is 19.1. The Bertz CT molecular complexity index is 825. The third kappa shape index (κ3) is 5.22. The molecule has 1 aromatic carbocycles. The van der Waals surface area contributed by atoms with E-state index in [1.54, 1.807) is 26.2 Å². The maximum Gasteiger partial charge on any atom is 0.233 e. The van der Waals surface area contributed by atoms with Crippen molar-refractivity contribution in [2.45, 2.75) is 25.3 Å². The number of rotatable bonds is 6. The number of hydrogen-bond acceptors (Lipinski definition) is 3. The Labute approximate surface area is 164 Å². The number of benzene rings is 1. The van der Waals surface area contributed by atoms with Gasteiger partial charge in [-0.3, -0.25) is 14.7 Å². The van der Waals surface area contributed by atoms with Gasteiger partial charge in [-0.2, -0.15) is 0 Å². The number of likely N-dealkylation sites (N-methyl/N-ethyl adjacent to an activating group) is 1. The monoisotopic (exact) mass is 388 g/mol. The molecule has 1 saturated heterocycles. The minimum Gasteiger partial charge on any atom is -0.361 e. The van der Waals surface area contributed by atoms with Gasteiger partial charge in [0, 0.05) is 56.9 Å². The molecule has 1 fully saturated rings.